The zero-order chi connectivity index (χ0) is 19.0. The molecule has 4 nitrogen and oxygen atoms in total. The molecule has 0 radical (unpaired) electrons. The molecule has 146 valence electrons. The fourth-order valence-electron chi connectivity index (χ4n) is 7.31. The number of hydrogen-bond acceptors (Lipinski definition) is 4. The normalized spacial score (nSPS) is 47.7. The summed E-state index contributed by atoms with van der Waals surface area (Å²) in [5.41, 5.74) is 2.78. The Kier molecular flexibility index (Phi) is 3.71. The minimum atomic E-state index is -0.299. The topological polar surface area (TPSA) is 52.6 Å². The first-order valence-corrected chi connectivity index (χ1v) is 10.7. The lowest BCUT2D eigenvalue weighted by Gasteiger charge is -2.52. The average molecular weight is 370 g/mol. The molecule has 27 heavy (non-hydrogen) atoms. The van der Waals surface area contributed by atoms with Crippen molar-refractivity contribution >= 4 is 11.9 Å². The van der Waals surface area contributed by atoms with Crippen molar-refractivity contribution in [3.63, 3.8) is 0 Å². The van der Waals surface area contributed by atoms with Crippen molar-refractivity contribution in [1.82, 2.24) is 0 Å². The first-order chi connectivity index (χ1) is 12.9. The van der Waals surface area contributed by atoms with Crippen molar-refractivity contribution in [1.29, 1.82) is 0 Å². The number of carbonyl (C=O) groups excluding carboxylic acids is 2. The summed E-state index contributed by atoms with van der Waals surface area (Å²) >= 11 is 0. The summed E-state index contributed by atoms with van der Waals surface area (Å²) < 4.78 is 11.2. The fraction of sp³-hybridized carbons (Fsp3) is 0.739. The maximum Gasteiger partial charge on any atom is 0.313 e. The second kappa shape index (κ2) is 5.71. The lowest BCUT2D eigenvalue weighted by atomic mass is 9.52. The summed E-state index contributed by atoms with van der Waals surface area (Å²) in [7, 11) is 0. The van der Waals surface area contributed by atoms with E-state index >= 15 is 0 Å². The van der Waals surface area contributed by atoms with Crippen molar-refractivity contribution in [3.8, 4) is 0 Å². The summed E-state index contributed by atoms with van der Waals surface area (Å²) in [5, 5.41) is 0. The Hall–Kier alpha value is -1.58. The van der Waals surface area contributed by atoms with Crippen LogP contribution in [0.3, 0.4) is 0 Å². The Balaban J connectivity index is 1.48. The third-order valence-electron chi connectivity index (χ3n) is 8.62. The monoisotopic (exact) mass is 370 g/mol. The molecule has 7 unspecified atom stereocenters. The third kappa shape index (κ3) is 2.22. The van der Waals surface area contributed by atoms with Crippen LogP contribution < -0.4 is 0 Å². The summed E-state index contributed by atoms with van der Waals surface area (Å²) in [6.07, 6.45) is 12.0. The molecule has 1 saturated heterocycles. The van der Waals surface area contributed by atoms with Crippen molar-refractivity contribution in [2.24, 2.45) is 28.6 Å². The van der Waals surface area contributed by atoms with Crippen molar-refractivity contribution < 1.29 is 19.1 Å². The molecule has 5 rings (SSSR count). The van der Waals surface area contributed by atoms with Crippen LogP contribution in [0, 0.1) is 28.6 Å². The molecule has 0 N–H and O–H groups in total. The van der Waals surface area contributed by atoms with Crippen LogP contribution in [0.4, 0.5) is 0 Å². The number of cyclic esters (lactones) is 1. The van der Waals surface area contributed by atoms with E-state index in [4.69, 9.17) is 9.47 Å². The molecule has 0 aromatic heterocycles. The van der Waals surface area contributed by atoms with Gasteiger partial charge in [-0.2, -0.15) is 0 Å². The Morgan fingerprint density at radius 2 is 2.07 bits per heavy atom. The van der Waals surface area contributed by atoms with E-state index in [1.54, 1.807) is 0 Å². The molecule has 4 heteroatoms. The highest BCUT2D eigenvalue weighted by atomic mass is 16.6. The highest BCUT2D eigenvalue weighted by Gasteiger charge is 2.65. The molecule has 1 spiro atoms. The second-order valence-corrected chi connectivity index (χ2v) is 9.72. The first-order valence-electron chi connectivity index (χ1n) is 10.7. The number of hydrogen-bond donors (Lipinski definition) is 0. The molecule has 0 bridgehead atoms. The quantitative estimate of drug-likeness (QED) is 0.644. The van der Waals surface area contributed by atoms with Gasteiger partial charge in [0.05, 0.1) is 5.41 Å². The molecule has 1 heterocycles. The summed E-state index contributed by atoms with van der Waals surface area (Å²) in [6.45, 7) is 5.98. The van der Waals surface area contributed by atoms with Crippen LogP contribution in [0.15, 0.2) is 23.3 Å². The second-order valence-electron chi connectivity index (χ2n) is 9.72. The average Bonchev–Trinajstić information content (AvgIpc) is 3.11. The van der Waals surface area contributed by atoms with E-state index in [1.165, 1.54) is 18.1 Å². The molecular formula is C23H30O4. The van der Waals surface area contributed by atoms with Gasteiger partial charge in [0.2, 0.25) is 0 Å². The van der Waals surface area contributed by atoms with Gasteiger partial charge in [-0.25, -0.2) is 0 Å². The van der Waals surface area contributed by atoms with E-state index in [1.807, 2.05) is 0 Å². The summed E-state index contributed by atoms with van der Waals surface area (Å²) in [6, 6.07) is 0. The Labute approximate surface area is 161 Å². The number of carbonyl (C=O) groups is 2. The van der Waals surface area contributed by atoms with Crippen molar-refractivity contribution in [2.45, 2.75) is 77.9 Å². The molecule has 0 aromatic rings. The van der Waals surface area contributed by atoms with Gasteiger partial charge in [-0.15, -0.1) is 0 Å². The Morgan fingerprint density at radius 3 is 2.85 bits per heavy atom. The zero-order valence-electron chi connectivity index (χ0n) is 16.6. The lowest BCUT2D eigenvalue weighted by molar-refractivity contribution is -0.150. The molecule has 5 aliphatic rings. The van der Waals surface area contributed by atoms with Gasteiger partial charge in [0.25, 0.3) is 0 Å². The van der Waals surface area contributed by atoms with Crippen LogP contribution >= 0.6 is 0 Å². The smallest absolute Gasteiger partial charge is 0.313 e. The predicted octanol–water partition coefficient (Wildman–Crippen LogP) is 4.34. The van der Waals surface area contributed by atoms with E-state index in [0.29, 0.717) is 17.8 Å². The van der Waals surface area contributed by atoms with Gasteiger partial charge in [0.15, 0.2) is 0 Å². The number of rotatable bonds is 1. The van der Waals surface area contributed by atoms with E-state index in [9.17, 15) is 9.59 Å². The molecule has 0 amide bonds. The summed E-state index contributed by atoms with van der Waals surface area (Å²) in [4.78, 5) is 24.3. The van der Waals surface area contributed by atoms with Crippen LogP contribution in [0.5, 0.6) is 0 Å². The molecule has 4 aliphatic carbocycles. The van der Waals surface area contributed by atoms with Crippen molar-refractivity contribution in [2.75, 3.05) is 0 Å². The van der Waals surface area contributed by atoms with Gasteiger partial charge in [-0.05, 0) is 74.3 Å². The van der Waals surface area contributed by atoms with E-state index < -0.39 is 0 Å². The molecule has 1 aliphatic heterocycles. The third-order valence-corrected chi connectivity index (χ3v) is 8.62. The highest BCUT2D eigenvalue weighted by Crippen LogP contribution is 2.66. The number of fused-ring (bicyclic) bond motifs is 4. The van der Waals surface area contributed by atoms with Gasteiger partial charge in [0.1, 0.15) is 12.2 Å². The highest BCUT2D eigenvalue weighted by molar-refractivity contribution is 5.82. The van der Waals surface area contributed by atoms with Gasteiger partial charge < -0.3 is 9.47 Å². The Morgan fingerprint density at radius 1 is 1.26 bits per heavy atom. The number of ether oxygens (including phenoxy) is 2. The number of esters is 2. The zero-order valence-corrected chi connectivity index (χ0v) is 16.6. The molecule has 0 aromatic carbocycles. The maximum atomic E-state index is 12.9. The summed E-state index contributed by atoms with van der Waals surface area (Å²) in [5.74, 6) is 1.11. The van der Waals surface area contributed by atoms with Gasteiger partial charge in [-0.3, -0.25) is 9.59 Å². The predicted molar refractivity (Wildman–Crippen MR) is 101 cm³/mol. The van der Waals surface area contributed by atoms with Crippen LogP contribution in [-0.2, 0) is 19.1 Å². The first kappa shape index (κ1) is 17.5. The Bertz CT molecular complexity index is 764. The van der Waals surface area contributed by atoms with Gasteiger partial charge in [0, 0.05) is 18.8 Å². The van der Waals surface area contributed by atoms with Gasteiger partial charge in [-0.1, -0.05) is 19.1 Å². The van der Waals surface area contributed by atoms with E-state index in [-0.39, 0.29) is 35.0 Å². The van der Waals surface area contributed by atoms with Crippen LogP contribution in [0.25, 0.3) is 0 Å². The van der Waals surface area contributed by atoms with Crippen molar-refractivity contribution in [3.05, 3.63) is 23.3 Å². The molecule has 7 atom stereocenters. The maximum absolute atomic E-state index is 12.9. The molecular weight excluding hydrogens is 340 g/mol. The van der Waals surface area contributed by atoms with E-state index in [0.717, 1.165) is 44.9 Å². The SMILES string of the molecule is CC(=O)OC1CCC2(C)C3=CCC45C(=O)OC(C)C4CCC5C3=CCC2C1. The van der Waals surface area contributed by atoms with Crippen LogP contribution in [0.1, 0.15) is 65.7 Å². The largest absolute Gasteiger partial charge is 0.463 e. The minimum Gasteiger partial charge on any atom is -0.463 e. The molecule has 2 saturated carbocycles. The van der Waals surface area contributed by atoms with E-state index in [2.05, 4.69) is 26.0 Å². The lowest BCUT2D eigenvalue weighted by Crippen LogP contribution is -2.46. The van der Waals surface area contributed by atoms with Crippen LogP contribution in [0.2, 0.25) is 0 Å². The standard InChI is InChI=1S/C23H30O4/c1-13-18-6-7-20-17-5-4-15-12-16(27-14(2)24)8-10-22(15,3)19(17)9-11-23(18,20)21(25)26-13/h5,9,13,15-16,18,20H,4,6-8,10-12H2,1-3H3. The van der Waals surface area contributed by atoms with Crippen LogP contribution in [-0.4, -0.2) is 24.1 Å². The van der Waals surface area contributed by atoms with Gasteiger partial charge >= 0.3 is 11.9 Å². The fourth-order valence-corrected chi connectivity index (χ4v) is 7.31. The number of allylic oxidation sites excluding steroid dienone is 4. The molecule has 3 fully saturated rings. The minimum absolute atomic E-state index is 0.0459.